The topological polar surface area (TPSA) is 58.2 Å². The summed E-state index contributed by atoms with van der Waals surface area (Å²) in [6.45, 7) is 2.82. The molecule has 2 N–H and O–H groups in total. The van der Waals surface area contributed by atoms with Gasteiger partial charge in [-0.15, -0.1) is 0 Å². The van der Waals surface area contributed by atoms with Crippen LogP contribution in [0.4, 0.5) is 0 Å². The minimum Gasteiger partial charge on any atom is -0.354 e. The molecule has 2 amide bonds. The third-order valence-corrected chi connectivity index (χ3v) is 3.67. The number of benzene rings is 2. The maximum Gasteiger partial charge on any atom is 0.251 e. The molecular formula is C19H22N2O2. The first kappa shape index (κ1) is 16.7. The molecule has 4 heteroatoms. The summed E-state index contributed by atoms with van der Waals surface area (Å²) in [5, 5.41) is 5.68. The van der Waals surface area contributed by atoms with Gasteiger partial charge in [0.05, 0.1) is 5.92 Å². The lowest BCUT2D eigenvalue weighted by atomic mass is 9.96. The Kier molecular flexibility index (Phi) is 6.36. The molecule has 0 spiro atoms. The van der Waals surface area contributed by atoms with Crippen molar-refractivity contribution in [2.24, 2.45) is 0 Å². The normalized spacial score (nSPS) is 11.5. The van der Waals surface area contributed by atoms with Gasteiger partial charge in [0.2, 0.25) is 5.91 Å². The van der Waals surface area contributed by atoms with Gasteiger partial charge in [-0.2, -0.15) is 0 Å². The Labute approximate surface area is 136 Å². The van der Waals surface area contributed by atoms with E-state index in [0.29, 0.717) is 18.7 Å². The van der Waals surface area contributed by atoms with Gasteiger partial charge < -0.3 is 10.6 Å². The van der Waals surface area contributed by atoms with Crippen LogP contribution in [-0.2, 0) is 4.79 Å². The Morgan fingerprint density at radius 1 is 0.870 bits per heavy atom. The van der Waals surface area contributed by atoms with Crippen molar-refractivity contribution in [1.82, 2.24) is 10.6 Å². The number of hydrogen-bond donors (Lipinski definition) is 2. The molecule has 2 aromatic rings. The highest BCUT2D eigenvalue weighted by Crippen LogP contribution is 2.18. The van der Waals surface area contributed by atoms with Crippen LogP contribution < -0.4 is 10.6 Å². The molecule has 2 rings (SSSR count). The summed E-state index contributed by atoms with van der Waals surface area (Å²) in [6.07, 6.45) is 0.742. The van der Waals surface area contributed by atoms with E-state index in [1.807, 2.05) is 55.5 Å². The molecule has 0 aliphatic rings. The van der Waals surface area contributed by atoms with Crippen LogP contribution in [0, 0.1) is 0 Å². The van der Waals surface area contributed by atoms with Gasteiger partial charge >= 0.3 is 0 Å². The lowest BCUT2D eigenvalue weighted by molar-refractivity contribution is -0.122. The van der Waals surface area contributed by atoms with E-state index < -0.39 is 0 Å². The molecule has 0 aliphatic heterocycles. The van der Waals surface area contributed by atoms with Gasteiger partial charge in [-0.25, -0.2) is 0 Å². The average Bonchev–Trinajstić information content (AvgIpc) is 2.61. The molecule has 0 heterocycles. The maximum atomic E-state index is 12.3. The number of hydrogen-bond acceptors (Lipinski definition) is 2. The first-order valence-corrected chi connectivity index (χ1v) is 7.88. The SMILES string of the molecule is CCC(C(=O)NCCNC(=O)c1ccccc1)c1ccccc1. The van der Waals surface area contributed by atoms with Crippen LogP contribution in [0.5, 0.6) is 0 Å². The van der Waals surface area contributed by atoms with Crippen molar-refractivity contribution in [1.29, 1.82) is 0 Å². The summed E-state index contributed by atoms with van der Waals surface area (Å²) in [7, 11) is 0. The predicted octanol–water partition coefficient (Wildman–Crippen LogP) is 2.73. The number of carbonyl (C=O) groups is 2. The molecule has 0 aromatic heterocycles. The van der Waals surface area contributed by atoms with Crippen molar-refractivity contribution >= 4 is 11.8 Å². The van der Waals surface area contributed by atoms with Gasteiger partial charge in [-0.3, -0.25) is 9.59 Å². The highest BCUT2D eigenvalue weighted by atomic mass is 16.2. The van der Waals surface area contributed by atoms with E-state index >= 15 is 0 Å². The van der Waals surface area contributed by atoms with E-state index in [2.05, 4.69) is 10.6 Å². The van der Waals surface area contributed by atoms with E-state index in [9.17, 15) is 9.59 Å². The first-order valence-electron chi connectivity index (χ1n) is 7.88. The summed E-state index contributed by atoms with van der Waals surface area (Å²) < 4.78 is 0. The quantitative estimate of drug-likeness (QED) is 0.773. The Hall–Kier alpha value is -2.62. The summed E-state index contributed by atoms with van der Waals surface area (Å²) in [4.78, 5) is 24.1. The van der Waals surface area contributed by atoms with Crippen molar-refractivity contribution in [2.75, 3.05) is 13.1 Å². The summed E-state index contributed by atoms with van der Waals surface area (Å²) in [5.41, 5.74) is 1.63. The van der Waals surface area contributed by atoms with E-state index in [4.69, 9.17) is 0 Å². The number of carbonyl (C=O) groups excluding carboxylic acids is 2. The largest absolute Gasteiger partial charge is 0.354 e. The molecule has 0 bridgehead atoms. The van der Waals surface area contributed by atoms with Crippen LogP contribution in [0.2, 0.25) is 0 Å². The van der Waals surface area contributed by atoms with Crippen molar-refractivity contribution in [3.8, 4) is 0 Å². The summed E-state index contributed by atoms with van der Waals surface area (Å²) >= 11 is 0. The average molecular weight is 310 g/mol. The second-order valence-electron chi connectivity index (χ2n) is 5.28. The highest BCUT2D eigenvalue weighted by molar-refractivity contribution is 5.94. The Morgan fingerprint density at radius 2 is 1.43 bits per heavy atom. The third-order valence-electron chi connectivity index (χ3n) is 3.67. The molecule has 4 nitrogen and oxygen atoms in total. The van der Waals surface area contributed by atoms with Crippen molar-refractivity contribution in [3.63, 3.8) is 0 Å². The lowest BCUT2D eigenvalue weighted by Crippen LogP contribution is -2.36. The van der Waals surface area contributed by atoms with Crippen LogP contribution in [-0.4, -0.2) is 24.9 Å². The van der Waals surface area contributed by atoms with Gasteiger partial charge in [0, 0.05) is 18.7 Å². The van der Waals surface area contributed by atoms with Gasteiger partial charge in [0.25, 0.3) is 5.91 Å². The molecule has 1 atom stereocenters. The van der Waals surface area contributed by atoms with Gasteiger partial charge in [-0.1, -0.05) is 55.5 Å². The van der Waals surface area contributed by atoms with Crippen molar-refractivity contribution in [2.45, 2.75) is 19.3 Å². The Morgan fingerprint density at radius 3 is 2.04 bits per heavy atom. The maximum absolute atomic E-state index is 12.3. The van der Waals surface area contributed by atoms with Crippen LogP contribution in [0.15, 0.2) is 60.7 Å². The summed E-state index contributed by atoms with van der Waals surface area (Å²) in [5.74, 6) is -0.288. The molecule has 1 unspecified atom stereocenters. The van der Waals surface area contributed by atoms with Crippen molar-refractivity contribution < 1.29 is 9.59 Å². The molecule has 0 fully saturated rings. The molecule has 0 saturated carbocycles. The zero-order valence-corrected chi connectivity index (χ0v) is 13.3. The second-order valence-corrected chi connectivity index (χ2v) is 5.28. The second kappa shape index (κ2) is 8.73. The highest BCUT2D eigenvalue weighted by Gasteiger charge is 2.17. The fourth-order valence-electron chi connectivity index (χ4n) is 2.43. The van der Waals surface area contributed by atoms with Crippen LogP contribution in [0.1, 0.15) is 35.2 Å². The van der Waals surface area contributed by atoms with Crippen molar-refractivity contribution in [3.05, 3.63) is 71.8 Å². The van der Waals surface area contributed by atoms with E-state index in [1.165, 1.54) is 0 Å². The first-order chi connectivity index (χ1) is 11.2. The number of amides is 2. The number of rotatable bonds is 7. The minimum atomic E-state index is -0.152. The van der Waals surface area contributed by atoms with Gasteiger partial charge in [0.15, 0.2) is 0 Å². The molecule has 23 heavy (non-hydrogen) atoms. The molecule has 120 valence electrons. The van der Waals surface area contributed by atoms with Crippen LogP contribution >= 0.6 is 0 Å². The Bertz CT molecular complexity index is 626. The molecule has 0 saturated heterocycles. The van der Waals surface area contributed by atoms with E-state index in [0.717, 1.165) is 12.0 Å². The molecular weight excluding hydrogens is 288 g/mol. The number of nitrogens with one attached hydrogen (secondary N) is 2. The predicted molar refractivity (Wildman–Crippen MR) is 91.3 cm³/mol. The standard InChI is InChI=1S/C19H22N2O2/c1-2-17(15-9-5-3-6-10-15)19(23)21-14-13-20-18(22)16-11-7-4-8-12-16/h3-12,17H,2,13-14H2,1H3,(H,20,22)(H,21,23). The molecule has 0 radical (unpaired) electrons. The van der Waals surface area contributed by atoms with Gasteiger partial charge in [-0.05, 0) is 24.1 Å². The minimum absolute atomic E-state index is 0.00680. The van der Waals surface area contributed by atoms with E-state index in [1.54, 1.807) is 12.1 Å². The Balaban J connectivity index is 1.77. The zero-order chi connectivity index (χ0) is 16.5. The zero-order valence-electron chi connectivity index (χ0n) is 13.3. The van der Waals surface area contributed by atoms with Crippen LogP contribution in [0.25, 0.3) is 0 Å². The fourth-order valence-corrected chi connectivity index (χ4v) is 2.43. The smallest absolute Gasteiger partial charge is 0.251 e. The fraction of sp³-hybridized carbons (Fsp3) is 0.263. The van der Waals surface area contributed by atoms with Gasteiger partial charge in [0.1, 0.15) is 0 Å². The lowest BCUT2D eigenvalue weighted by Gasteiger charge is -2.15. The monoisotopic (exact) mass is 310 g/mol. The summed E-state index contributed by atoms with van der Waals surface area (Å²) in [6, 6.07) is 18.8. The van der Waals surface area contributed by atoms with E-state index in [-0.39, 0.29) is 17.7 Å². The molecule has 2 aromatic carbocycles. The molecule has 0 aliphatic carbocycles. The van der Waals surface area contributed by atoms with Crippen LogP contribution in [0.3, 0.4) is 0 Å². The third kappa shape index (κ3) is 4.95.